The minimum Gasteiger partial charge on any atom is -0.396 e. The third-order valence-electron chi connectivity index (χ3n) is 4.04. The summed E-state index contributed by atoms with van der Waals surface area (Å²) in [5.41, 5.74) is 2.98. The first-order chi connectivity index (χ1) is 11.7. The van der Waals surface area contributed by atoms with Crippen molar-refractivity contribution in [2.75, 3.05) is 6.61 Å². The van der Waals surface area contributed by atoms with Crippen LogP contribution in [0.1, 0.15) is 11.1 Å². The van der Waals surface area contributed by atoms with Gasteiger partial charge in [-0.25, -0.2) is 4.98 Å². The molecule has 0 aliphatic rings. The second-order valence-corrected chi connectivity index (χ2v) is 6.67. The van der Waals surface area contributed by atoms with E-state index in [2.05, 4.69) is 15.0 Å². The Balaban J connectivity index is 1.92. The van der Waals surface area contributed by atoms with E-state index < -0.39 is 0 Å². The second-order valence-electron chi connectivity index (χ2n) is 5.72. The molecule has 0 unspecified atom stereocenters. The summed E-state index contributed by atoms with van der Waals surface area (Å²) in [6.07, 6.45) is 2.32. The number of thiophene rings is 1. The topological polar surface area (TPSA) is 78.9 Å². The van der Waals surface area contributed by atoms with Crippen LogP contribution in [0.3, 0.4) is 0 Å². The highest BCUT2D eigenvalue weighted by Gasteiger charge is 2.11. The number of aliphatic hydroxyl groups excluding tert-OH is 1. The van der Waals surface area contributed by atoms with Gasteiger partial charge in [0.05, 0.1) is 15.6 Å². The third-order valence-corrected chi connectivity index (χ3v) is 4.91. The van der Waals surface area contributed by atoms with Crippen LogP contribution in [-0.4, -0.2) is 26.7 Å². The molecule has 0 fully saturated rings. The fraction of sp³-hybridized carbons (Fsp3) is 0.167. The molecule has 1 aromatic carbocycles. The van der Waals surface area contributed by atoms with Crippen LogP contribution in [-0.2, 0) is 6.42 Å². The molecular formula is C18H15N3O2S. The average Bonchev–Trinajstić information content (AvgIpc) is 3.03. The zero-order valence-corrected chi connectivity index (χ0v) is 13.9. The van der Waals surface area contributed by atoms with Gasteiger partial charge in [-0.1, -0.05) is 6.07 Å². The van der Waals surface area contributed by atoms with E-state index in [0.29, 0.717) is 28.8 Å². The number of nitrogens with one attached hydrogen (secondary N) is 1. The zero-order chi connectivity index (χ0) is 16.7. The number of benzene rings is 1. The SMILES string of the molecule is Cc1cc(CCO)cc2c(=O)[nH]c(-c3cc4ccsc4cn3)nc12. The summed E-state index contributed by atoms with van der Waals surface area (Å²) >= 11 is 1.63. The van der Waals surface area contributed by atoms with Crippen molar-refractivity contribution < 1.29 is 5.11 Å². The van der Waals surface area contributed by atoms with E-state index in [1.54, 1.807) is 23.6 Å². The van der Waals surface area contributed by atoms with E-state index in [4.69, 9.17) is 5.11 Å². The average molecular weight is 337 g/mol. The Kier molecular flexibility index (Phi) is 3.63. The van der Waals surface area contributed by atoms with Crippen molar-refractivity contribution >= 4 is 32.3 Å². The summed E-state index contributed by atoms with van der Waals surface area (Å²) in [6, 6.07) is 7.72. The van der Waals surface area contributed by atoms with Crippen LogP contribution >= 0.6 is 11.3 Å². The molecule has 0 spiro atoms. The molecule has 0 aliphatic carbocycles. The van der Waals surface area contributed by atoms with Gasteiger partial charge in [0.25, 0.3) is 5.56 Å². The fourth-order valence-corrected chi connectivity index (χ4v) is 3.62. The van der Waals surface area contributed by atoms with Crippen LogP contribution in [0.4, 0.5) is 0 Å². The highest BCUT2D eigenvalue weighted by Crippen LogP contribution is 2.24. The molecular weight excluding hydrogens is 322 g/mol. The predicted octanol–water partition coefficient (Wildman–Crippen LogP) is 3.04. The Bertz CT molecular complexity index is 1110. The molecule has 3 heterocycles. The lowest BCUT2D eigenvalue weighted by molar-refractivity contribution is 0.299. The summed E-state index contributed by atoms with van der Waals surface area (Å²) in [7, 11) is 0. The lowest BCUT2D eigenvalue weighted by atomic mass is 10.0. The molecule has 4 rings (SSSR count). The summed E-state index contributed by atoms with van der Waals surface area (Å²) in [5, 5.41) is 12.7. The summed E-state index contributed by atoms with van der Waals surface area (Å²) in [5.74, 6) is 0.471. The predicted molar refractivity (Wildman–Crippen MR) is 96.5 cm³/mol. The van der Waals surface area contributed by atoms with E-state index >= 15 is 0 Å². The number of hydrogen-bond acceptors (Lipinski definition) is 5. The van der Waals surface area contributed by atoms with Crippen molar-refractivity contribution in [1.29, 1.82) is 0 Å². The van der Waals surface area contributed by atoms with Gasteiger partial charge in [-0.05, 0) is 53.4 Å². The van der Waals surface area contributed by atoms with E-state index in [0.717, 1.165) is 21.2 Å². The molecule has 0 atom stereocenters. The number of rotatable bonds is 3. The van der Waals surface area contributed by atoms with Crippen molar-refractivity contribution in [1.82, 2.24) is 15.0 Å². The minimum atomic E-state index is -0.190. The zero-order valence-electron chi connectivity index (χ0n) is 13.0. The molecule has 4 aromatic rings. The number of nitrogens with zero attached hydrogens (tertiary/aromatic N) is 2. The monoisotopic (exact) mass is 337 g/mol. The molecule has 0 radical (unpaired) electrons. The molecule has 120 valence electrons. The van der Waals surface area contributed by atoms with Crippen molar-refractivity contribution in [2.45, 2.75) is 13.3 Å². The van der Waals surface area contributed by atoms with Gasteiger partial charge in [-0.15, -0.1) is 11.3 Å². The van der Waals surface area contributed by atoms with Gasteiger partial charge in [0, 0.05) is 12.8 Å². The van der Waals surface area contributed by atoms with Crippen molar-refractivity contribution in [2.24, 2.45) is 0 Å². The van der Waals surface area contributed by atoms with E-state index in [-0.39, 0.29) is 12.2 Å². The highest BCUT2D eigenvalue weighted by atomic mass is 32.1. The molecule has 5 nitrogen and oxygen atoms in total. The smallest absolute Gasteiger partial charge is 0.259 e. The molecule has 0 amide bonds. The highest BCUT2D eigenvalue weighted by molar-refractivity contribution is 7.17. The number of aliphatic hydroxyl groups is 1. The van der Waals surface area contributed by atoms with Crippen molar-refractivity contribution in [3.63, 3.8) is 0 Å². The number of hydrogen-bond donors (Lipinski definition) is 2. The van der Waals surface area contributed by atoms with Gasteiger partial charge >= 0.3 is 0 Å². The maximum atomic E-state index is 12.5. The molecule has 0 aliphatic heterocycles. The summed E-state index contributed by atoms with van der Waals surface area (Å²) < 4.78 is 1.10. The molecule has 3 aromatic heterocycles. The maximum Gasteiger partial charge on any atom is 0.259 e. The van der Waals surface area contributed by atoms with Crippen molar-refractivity contribution in [3.8, 4) is 11.5 Å². The molecule has 2 N–H and O–H groups in total. The number of pyridine rings is 1. The number of aryl methyl sites for hydroxylation is 1. The Hall–Kier alpha value is -2.57. The van der Waals surface area contributed by atoms with Crippen LogP contribution in [0, 0.1) is 6.92 Å². The van der Waals surface area contributed by atoms with Crippen LogP contribution in [0.5, 0.6) is 0 Å². The second kappa shape index (κ2) is 5.81. The molecule has 6 heteroatoms. The first-order valence-corrected chi connectivity index (χ1v) is 8.52. The summed E-state index contributed by atoms with van der Waals surface area (Å²) in [6.45, 7) is 1.98. The molecule has 24 heavy (non-hydrogen) atoms. The minimum absolute atomic E-state index is 0.0545. The Morgan fingerprint density at radius 2 is 2.17 bits per heavy atom. The van der Waals surface area contributed by atoms with Gasteiger partial charge in [-0.3, -0.25) is 9.78 Å². The third kappa shape index (κ3) is 2.50. The largest absolute Gasteiger partial charge is 0.396 e. The van der Waals surface area contributed by atoms with Crippen LogP contribution in [0.25, 0.3) is 32.5 Å². The Morgan fingerprint density at radius 1 is 1.29 bits per heavy atom. The maximum absolute atomic E-state index is 12.5. The van der Waals surface area contributed by atoms with E-state index in [9.17, 15) is 4.79 Å². The van der Waals surface area contributed by atoms with Gasteiger partial charge in [0.2, 0.25) is 0 Å². The van der Waals surface area contributed by atoms with Gasteiger partial charge in [0.1, 0.15) is 5.69 Å². The Morgan fingerprint density at radius 3 is 3.00 bits per heavy atom. The van der Waals surface area contributed by atoms with Crippen LogP contribution < -0.4 is 5.56 Å². The fourth-order valence-electron chi connectivity index (χ4n) is 2.88. The first-order valence-electron chi connectivity index (χ1n) is 7.64. The lowest BCUT2D eigenvalue weighted by Crippen LogP contribution is -2.11. The number of aromatic amines is 1. The summed E-state index contributed by atoms with van der Waals surface area (Å²) in [4.78, 5) is 24.4. The first kappa shape index (κ1) is 15.0. The number of aromatic nitrogens is 3. The standard InChI is InChI=1S/C18H15N3O2S/c1-10-6-11(2-4-22)7-13-16(10)20-17(21-18(13)23)14-8-12-3-5-24-15(12)9-19-14/h3,5-9,22H,2,4H2,1H3,(H,20,21,23). The van der Waals surface area contributed by atoms with Crippen LogP contribution in [0.2, 0.25) is 0 Å². The lowest BCUT2D eigenvalue weighted by Gasteiger charge is -2.07. The number of fused-ring (bicyclic) bond motifs is 2. The molecule has 0 bridgehead atoms. The van der Waals surface area contributed by atoms with E-state index in [1.807, 2.05) is 30.5 Å². The number of H-pyrrole nitrogens is 1. The van der Waals surface area contributed by atoms with Gasteiger partial charge in [-0.2, -0.15) is 0 Å². The molecule has 0 saturated carbocycles. The van der Waals surface area contributed by atoms with Crippen molar-refractivity contribution in [3.05, 3.63) is 57.3 Å². The van der Waals surface area contributed by atoms with Gasteiger partial charge in [0.15, 0.2) is 5.82 Å². The Labute approximate surface area is 141 Å². The normalized spacial score (nSPS) is 11.4. The quantitative estimate of drug-likeness (QED) is 0.602. The van der Waals surface area contributed by atoms with Gasteiger partial charge < -0.3 is 10.1 Å². The molecule has 0 saturated heterocycles. The van der Waals surface area contributed by atoms with E-state index in [1.165, 1.54) is 0 Å². The van der Waals surface area contributed by atoms with Crippen LogP contribution in [0.15, 0.2) is 40.6 Å².